The monoisotopic (exact) mass is 297 g/mol. The fourth-order valence-corrected chi connectivity index (χ4v) is 3.33. The largest absolute Gasteiger partial charge is 0.355 e. The van der Waals surface area contributed by atoms with Crippen LogP contribution in [0.1, 0.15) is 52.9 Å². The molecule has 1 fully saturated rings. The van der Waals surface area contributed by atoms with Gasteiger partial charge in [-0.25, -0.2) is 0 Å². The maximum Gasteiger partial charge on any atom is 0.233 e. The van der Waals surface area contributed by atoms with Gasteiger partial charge in [-0.05, 0) is 45.2 Å². The lowest BCUT2D eigenvalue weighted by atomic mass is 9.75. The Balaban J connectivity index is 2.32. The molecule has 1 aliphatic carbocycles. The van der Waals surface area contributed by atoms with Crippen molar-refractivity contribution >= 4 is 5.91 Å². The third kappa shape index (κ3) is 6.35. The van der Waals surface area contributed by atoms with Gasteiger partial charge in [0.25, 0.3) is 0 Å². The molecule has 1 saturated carbocycles. The van der Waals surface area contributed by atoms with Gasteiger partial charge in [0.05, 0.1) is 6.54 Å². The molecular weight excluding hydrogens is 262 g/mol. The van der Waals surface area contributed by atoms with Crippen molar-refractivity contribution < 1.29 is 4.79 Å². The van der Waals surface area contributed by atoms with Gasteiger partial charge in [0, 0.05) is 18.6 Å². The molecule has 21 heavy (non-hydrogen) atoms. The minimum atomic E-state index is 0.119. The van der Waals surface area contributed by atoms with E-state index in [9.17, 15) is 4.79 Å². The molecule has 2 unspecified atom stereocenters. The summed E-state index contributed by atoms with van der Waals surface area (Å²) in [7, 11) is 4.34. The molecule has 1 aliphatic rings. The van der Waals surface area contributed by atoms with Crippen molar-refractivity contribution in [2.45, 2.75) is 58.4 Å². The maximum atomic E-state index is 11.8. The number of amides is 1. The average molecular weight is 297 g/mol. The molecule has 2 N–H and O–H groups in total. The summed E-state index contributed by atoms with van der Waals surface area (Å²) in [5.41, 5.74) is 0.218. The molecule has 0 aromatic carbocycles. The van der Waals surface area contributed by atoms with Gasteiger partial charge in [0.1, 0.15) is 0 Å². The molecule has 0 heterocycles. The standard InChI is InChI=1S/C17H35N3O/c1-14(2)8-10-19-16(21)12-18-13-17(20(4)5)9-6-7-15(3)11-17/h14-15,18H,6-13H2,1-5H3,(H,19,21). The van der Waals surface area contributed by atoms with E-state index in [0.29, 0.717) is 12.5 Å². The van der Waals surface area contributed by atoms with Crippen molar-refractivity contribution in [3.8, 4) is 0 Å². The van der Waals surface area contributed by atoms with E-state index >= 15 is 0 Å². The van der Waals surface area contributed by atoms with Crippen LogP contribution in [0.2, 0.25) is 0 Å². The van der Waals surface area contributed by atoms with Crippen molar-refractivity contribution in [2.24, 2.45) is 11.8 Å². The van der Waals surface area contributed by atoms with E-state index in [2.05, 4.69) is 50.4 Å². The summed E-state index contributed by atoms with van der Waals surface area (Å²) in [4.78, 5) is 14.2. The Hall–Kier alpha value is -0.610. The van der Waals surface area contributed by atoms with Crippen molar-refractivity contribution in [2.75, 3.05) is 33.7 Å². The van der Waals surface area contributed by atoms with E-state index in [1.807, 2.05) is 0 Å². The molecule has 0 spiro atoms. The second kappa shape index (κ2) is 8.74. The topological polar surface area (TPSA) is 44.4 Å². The number of nitrogens with one attached hydrogen (secondary N) is 2. The SMILES string of the molecule is CC(C)CCNC(=O)CNCC1(N(C)C)CCCC(C)C1. The van der Waals surface area contributed by atoms with Crippen molar-refractivity contribution in [3.63, 3.8) is 0 Å². The smallest absolute Gasteiger partial charge is 0.233 e. The molecule has 0 bridgehead atoms. The third-order valence-corrected chi connectivity index (χ3v) is 4.80. The zero-order chi connectivity index (χ0) is 15.9. The zero-order valence-electron chi connectivity index (χ0n) is 14.7. The van der Waals surface area contributed by atoms with Crippen molar-refractivity contribution in [1.82, 2.24) is 15.5 Å². The minimum Gasteiger partial charge on any atom is -0.355 e. The molecule has 4 heteroatoms. The third-order valence-electron chi connectivity index (χ3n) is 4.80. The fourth-order valence-electron chi connectivity index (χ4n) is 3.33. The number of carbonyl (C=O) groups is 1. The number of likely N-dealkylation sites (N-methyl/N-ethyl adjacent to an activating group) is 1. The summed E-state index contributed by atoms with van der Waals surface area (Å²) in [6.45, 7) is 8.82. The Labute approximate surface area is 131 Å². The van der Waals surface area contributed by atoms with E-state index in [4.69, 9.17) is 0 Å². The van der Waals surface area contributed by atoms with Crippen molar-refractivity contribution in [1.29, 1.82) is 0 Å². The first-order chi connectivity index (χ1) is 9.85. The Morgan fingerprint density at radius 1 is 1.38 bits per heavy atom. The van der Waals surface area contributed by atoms with Gasteiger partial charge in [0.15, 0.2) is 0 Å². The van der Waals surface area contributed by atoms with Gasteiger partial charge in [0.2, 0.25) is 5.91 Å². The van der Waals surface area contributed by atoms with Crippen LogP contribution in [0.3, 0.4) is 0 Å². The van der Waals surface area contributed by atoms with Gasteiger partial charge < -0.3 is 15.5 Å². The van der Waals surface area contributed by atoms with E-state index in [-0.39, 0.29) is 11.4 Å². The second-order valence-electron chi connectivity index (χ2n) is 7.46. The Morgan fingerprint density at radius 2 is 2.10 bits per heavy atom. The second-order valence-corrected chi connectivity index (χ2v) is 7.46. The summed E-state index contributed by atoms with van der Waals surface area (Å²) < 4.78 is 0. The number of rotatable bonds is 8. The van der Waals surface area contributed by atoms with E-state index in [0.717, 1.165) is 25.4 Å². The molecule has 0 aliphatic heterocycles. The van der Waals surface area contributed by atoms with E-state index in [1.54, 1.807) is 0 Å². The van der Waals surface area contributed by atoms with Crippen LogP contribution in [-0.2, 0) is 4.79 Å². The number of carbonyl (C=O) groups excluding carboxylic acids is 1. The molecule has 0 saturated heterocycles. The number of hydrogen-bond acceptors (Lipinski definition) is 3. The van der Waals surface area contributed by atoms with Gasteiger partial charge in [-0.1, -0.05) is 33.6 Å². The van der Waals surface area contributed by atoms with Gasteiger partial charge in [-0.3, -0.25) is 4.79 Å². The van der Waals surface area contributed by atoms with Gasteiger partial charge in [-0.2, -0.15) is 0 Å². The molecule has 1 rings (SSSR count). The van der Waals surface area contributed by atoms with E-state index < -0.39 is 0 Å². The molecule has 0 aromatic rings. The van der Waals surface area contributed by atoms with Crippen LogP contribution >= 0.6 is 0 Å². The first-order valence-electron chi connectivity index (χ1n) is 8.50. The summed E-state index contributed by atoms with van der Waals surface area (Å²) in [6, 6.07) is 0. The first kappa shape index (κ1) is 18.4. The molecule has 0 radical (unpaired) electrons. The average Bonchev–Trinajstić information content (AvgIpc) is 2.38. The number of nitrogens with zero attached hydrogens (tertiary/aromatic N) is 1. The highest BCUT2D eigenvalue weighted by Crippen LogP contribution is 2.35. The summed E-state index contributed by atoms with van der Waals surface area (Å²) in [6.07, 6.45) is 6.13. The highest BCUT2D eigenvalue weighted by Gasteiger charge is 2.36. The highest BCUT2D eigenvalue weighted by molar-refractivity contribution is 5.77. The first-order valence-corrected chi connectivity index (χ1v) is 8.50. The fraction of sp³-hybridized carbons (Fsp3) is 0.941. The van der Waals surface area contributed by atoms with Crippen LogP contribution in [0.4, 0.5) is 0 Å². The Kier molecular flexibility index (Phi) is 7.67. The number of hydrogen-bond donors (Lipinski definition) is 2. The quantitative estimate of drug-likeness (QED) is 0.722. The molecule has 4 nitrogen and oxygen atoms in total. The summed E-state index contributed by atoms with van der Waals surface area (Å²) >= 11 is 0. The predicted molar refractivity (Wildman–Crippen MR) is 89.4 cm³/mol. The highest BCUT2D eigenvalue weighted by atomic mass is 16.1. The molecule has 2 atom stereocenters. The molecular formula is C17H35N3O. The molecule has 0 aromatic heterocycles. The van der Waals surface area contributed by atoms with E-state index in [1.165, 1.54) is 25.7 Å². The lowest BCUT2D eigenvalue weighted by Gasteiger charge is -2.45. The van der Waals surface area contributed by atoms with Crippen molar-refractivity contribution in [3.05, 3.63) is 0 Å². The molecule has 124 valence electrons. The van der Waals surface area contributed by atoms with Gasteiger partial charge >= 0.3 is 0 Å². The zero-order valence-corrected chi connectivity index (χ0v) is 14.7. The van der Waals surface area contributed by atoms with Gasteiger partial charge in [-0.15, -0.1) is 0 Å². The molecule has 1 amide bonds. The predicted octanol–water partition coefficient (Wildman–Crippen LogP) is 2.25. The van der Waals surface area contributed by atoms with Crippen LogP contribution in [-0.4, -0.2) is 50.1 Å². The normalized spacial score (nSPS) is 26.3. The van der Waals surface area contributed by atoms with Crippen LogP contribution in [0.5, 0.6) is 0 Å². The Morgan fingerprint density at radius 3 is 2.67 bits per heavy atom. The lowest BCUT2D eigenvalue weighted by molar-refractivity contribution is -0.120. The summed E-state index contributed by atoms with van der Waals surface area (Å²) in [5, 5.41) is 6.37. The van der Waals surface area contributed by atoms with Crippen LogP contribution in [0.25, 0.3) is 0 Å². The lowest BCUT2D eigenvalue weighted by Crippen LogP contribution is -2.55. The van der Waals surface area contributed by atoms with Crippen LogP contribution in [0, 0.1) is 11.8 Å². The minimum absolute atomic E-state index is 0.119. The van der Waals surface area contributed by atoms with Crippen LogP contribution in [0.15, 0.2) is 0 Å². The maximum absolute atomic E-state index is 11.8. The Bertz CT molecular complexity index is 317. The van der Waals surface area contributed by atoms with Crippen LogP contribution < -0.4 is 10.6 Å². The summed E-state index contributed by atoms with van der Waals surface area (Å²) in [5.74, 6) is 1.54.